The monoisotopic (exact) mass is 350 g/mol. The second kappa shape index (κ2) is 5.47. The predicted molar refractivity (Wildman–Crippen MR) is 74.6 cm³/mol. The van der Waals surface area contributed by atoms with Gasteiger partial charge in [0.15, 0.2) is 0 Å². The molecule has 7 heteroatoms. The third-order valence-corrected chi connectivity index (χ3v) is 5.98. The van der Waals surface area contributed by atoms with Crippen molar-refractivity contribution in [1.82, 2.24) is 4.31 Å². The molecule has 106 valence electrons. The molecule has 0 bridgehead atoms. The van der Waals surface area contributed by atoms with Crippen LogP contribution in [0.3, 0.4) is 0 Å². The first-order chi connectivity index (χ1) is 8.80. The second-order valence-electron chi connectivity index (χ2n) is 5.00. The van der Waals surface area contributed by atoms with Crippen molar-refractivity contribution in [3.8, 4) is 0 Å². The number of halogens is 2. The first kappa shape index (κ1) is 14.9. The zero-order valence-corrected chi connectivity index (χ0v) is 12.9. The number of benzene rings is 1. The summed E-state index contributed by atoms with van der Waals surface area (Å²) in [4.78, 5) is 0.0789. The Balaban J connectivity index is 2.36. The quantitative estimate of drug-likeness (QED) is 0.886. The van der Waals surface area contributed by atoms with E-state index in [9.17, 15) is 12.8 Å². The van der Waals surface area contributed by atoms with Gasteiger partial charge < -0.3 is 5.73 Å². The van der Waals surface area contributed by atoms with Gasteiger partial charge in [0.25, 0.3) is 0 Å². The van der Waals surface area contributed by atoms with E-state index in [2.05, 4.69) is 15.9 Å². The molecule has 2 atom stereocenters. The van der Waals surface area contributed by atoms with E-state index in [1.807, 2.05) is 6.92 Å². The summed E-state index contributed by atoms with van der Waals surface area (Å²) in [6, 6.07) is 3.42. The summed E-state index contributed by atoms with van der Waals surface area (Å²) in [5, 5.41) is 0. The molecule has 1 aromatic carbocycles. The Morgan fingerprint density at radius 2 is 2.11 bits per heavy atom. The number of hydrogen-bond donors (Lipinski definition) is 1. The Labute approximate surface area is 121 Å². The average Bonchev–Trinajstić information content (AvgIpc) is 2.26. The summed E-state index contributed by atoms with van der Waals surface area (Å²) in [6.45, 7) is 2.72. The van der Waals surface area contributed by atoms with Crippen LogP contribution in [-0.4, -0.2) is 31.9 Å². The summed E-state index contributed by atoms with van der Waals surface area (Å²) < 4.78 is 39.7. The summed E-state index contributed by atoms with van der Waals surface area (Å²) in [5.74, 6) is -0.257. The van der Waals surface area contributed by atoms with E-state index in [0.717, 1.165) is 18.6 Å². The molecule has 0 radical (unpaired) electrons. The molecule has 1 aromatic rings. The number of piperidine rings is 1. The fraction of sp³-hybridized carbons (Fsp3) is 0.500. The number of nitrogens with two attached hydrogens (primary N) is 1. The van der Waals surface area contributed by atoms with Gasteiger partial charge in [0.1, 0.15) is 5.82 Å². The van der Waals surface area contributed by atoms with Gasteiger partial charge in [-0.3, -0.25) is 0 Å². The predicted octanol–water partition coefficient (Wildman–Crippen LogP) is 1.95. The van der Waals surface area contributed by atoms with Crippen LogP contribution in [0.25, 0.3) is 0 Å². The van der Waals surface area contributed by atoms with E-state index >= 15 is 0 Å². The van der Waals surface area contributed by atoms with Gasteiger partial charge in [0.05, 0.1) is 4.90 Å². The number of sulfonamides is 1. The lowest BCUT2D eigenvalue weighted by Gasteiger charge is -2.34. The lowest BCUT2D eigenvalue weighted by atomic mass is 9.99. The van der Waals surface area contributed by atoms with Crippen LogP contribution >= 0.6 is 15.9 Å². The van der Waals surface area contributed by atoms with E-state index in [4.69, 9.17) is 5.73 Å². The van der Waals surface area contributed by atoms with Crippen molar-refractivity contribution in [1.29, 1.82) is 0 Å². The van der Waals surface area contributed by atoms with Crippen LogP contribution in [0.2, 0.25) is 0 Å². The first-order valence-electron chi connectivity index (χ1n) is 6.01. The molecule has 0 amide bonds. The smallest absolute Gasteiger partial charge is 0.244 e. The first-order valence-corrected chi connectivity index (χ1v) is 8.25. The Kier molecular flexibility index (Phi) is 4.29. The van der Waals surface area contributed by atoms with Gasteiger partial charge >= 0.3 is 0 Å². The maximum atomic E-state index is 13.0. The Hall–Kier alpha value is -0.500. The SMILES string of the molecule is CC1CC(N)CN(S(=O)(=O)c2ccc(F)cc2Br)C1. The molecule has 0 saturated carbocycles. The van der Waals surface area contributed by atoms with Gasteiger partial charge in [-0.15, -0.1) is 0 Å². The minimum atomic E-state index is -3.64. The lowest BCUT2D eigenvalue weighted by molar-refractivity contribution is 0.254. The largest absolute Gasteiger partial charge is 0.326 e. The molecule has 1 aliphatic rings. The third-order valence-electron chi connectivity index (χ3n) is 3.17. The Bertz CT molecular complexity index is 569. The van der Waals surface area contributed by atoms with Crippen molar-refractivity contribution < 1.29 is 12.8 Å². The van der Waals surface area contributed by atoms with E-state index in [1.54, 1.807) is 0 Å². The van der Waals surface area contributed by atoms with Crippen molar-refractivity contribution in [3.05, 3.63) is 28.5 Å². The van der Waals surface area contributed by atoms with Crippen molar-refractivity contribution in [3.63, 3.8) is 0 Å². The standard InChI is InChI=1S/C12H16BrFN2O2S/c1-8-4-10(15)7-16(6-8)19(17,18)12-3-2-9(14)5-11(12)13/h2-3,5,8,10H,4,6-7,15H2,1H3. The molecule has 19 heavy (non-hydrogen) atoms. The van der Waals surface area contributed by atoms with Crippen LogP contribution < -0.4 is 5.73 Å². The highest BCUT2D eigenvalue weighted by Gasteiger charge is 2.33. The molecule has 1 saturated heterocycles. The summed E-state index contributed by atoms with van der Waals surface area (Å²) in [6.07, 6.45) is 0.816. The number of rotatable bonds is 2. The molecule has 4 nitrogen and oxygen atoms in total. The van der Waals surface area contributed by atoms with Crippen LogP contribution in [0.15, 0.2) is 27.6 Å². The van der Waals surface area contributed by atoms with E-state index in [-0.39, 0.29) is 21.3 Å². The molecule has 1 fully saturated rings. The molecule has 0 spiro atoms. The molecule has 2 unspecified atom stereocenters. The fourth-order valence-corrected chi connectivity index (χ4v) is 5.00. The summed E-state index contributed by atoms with van der Waals surface area (Å²) in [5.41, 5.74) is 5.87. The van der Waals surface area contributed by atoms with Crippen LogP contribution in [0, 0.1) is 11.7 Å². The van der Waals surface area contributed by atoms with Crippen LogP contribution in [0.1, 0.15) is 13.3 Å². The van der Waals surface area contributed by atoms with Gasteiger partial charge in [0, 0.05) is 23.6 Å². The highest BCUT2D eigenvalue weighted by molar-refractivity contribution is 9.10. The van der Waals surface area contributed by atoms with Crippen LogP contribution in [0.5, 0.6) is 0 Å². The fourth-order valence-electron chi connectivity index (χ4n) is 2.37. The van der Waals surface area contributed by atoms with Crippen molar-refractivity contribution in [2.24, 2.45) is 11.7 Å². The van der Waals surface area contributed by atoms with Gasteiger partial charge in [-0.25, -0.2) is 12.8 Å². The van der Waals surface area contributed by atoms with Gasteiger partial charge in [-0.1, -0.05) is 6.92 Å². The molecule has 2 rings (SSSR count). The molecule has 0 aliphatic carbocycles. The normalized spacial score (nSPS) is 25.5. The molecular formula is C12H16BrFN2O2S. The zero-order chi connectivity index (χ0) is 14.2. The Morgan fingerprint density at radius 1 is 1.42 bits per heavy atom. The van der Waals surface area contributed by atoms with Crippen LogP contribution in [0.4, 0.5) is 4.39 Å². The highest BCUT2D eigenvalue weighted by atomic mass is 79.9. The van der Waals surface area contributed by atoms with Crippen LogP contribution in [-0.2, 0) is 10.0 Å². The van der Waals surface area contributed by atoms with Crippen molar-refractivity contribution in [2.75, 3.05) is 13.1 Å². The topological polar surface area (TPSA) is 63.4 Å². The van der Waals surface area contributed by atoms with Gasteiger partial charge in [-0.05, 0) is 46.5 Å². The van der Waals surface area contributed by atoms with Crippen molar-refractivity contribution >= 4 is 26.0 Å². The number of hydrogen-bond acceptors (Lipinski definition) is 3. The highest BCUT2D eigenvalue weighted by Crippen LogP contribution is 2.28. The molecular weight excluding hydrogens is 335 g/mol. The Morgan fingerprint density at radius 3 is 2.68 bits per heavy atom. The van der Waals surface area contributed by atoms with Gasteiger partial charge in [-0.2, -0.15) is 4.31 Å². The van der Waals surface area contributed by atoms with Crippen molar-refractivity contribution in [2.45, 2.75) is 24.3 Å². The number of nitrogens with zero attached hydrogens (tertiary/aromatic N) is 1. The van der Waals surface area contributed by atoms with Gasteiger partial charge in [0.2, 0.25) is 10.0 Å². The minimum absolute atomic E-state index is 0.0789. The second-order valence-corrected chi connectivity index (χ2v) is 7.76. The van der Waals surface area contributed by atoms with E-state index in [1.165, 1.54) is 10.4 Å². The molecule has 1 aliphatic heterocycles. The maximum absolute atomic E-state index is 13.0. The minimum Gasteiger partial charge on any atom is -0.326 e. The maximum Gasteiger partial charge on any atom is 0.244 e. The molecule has 0 aromatic heterocycles. The summed E-state index contributed by atoms with van der Waals surface area (Å²) in [7, 11) is -3.64. The lowest BCUT2D eigenvalue weighted by Crippen LogP contribution is -2.48. The zero-order valence-electron chi connectivity index (χ0n) is 10.5. The molecule has 2 N–H and O–H groups in total. The van der Waals surface area contributed by atoms with E-state index in [0.29, 0.717) is 13.1 Å². The third kappa shape index (κ3) is 3.16. The molecule has 1 heterocycles. The average molecular weight is 351 g/mol. The van der Waals surface area contributed by atoms with E-state index < -0.39 is 15.8 Å². The summed E-state index contributed by atoms with van der Waals surface area (Å²) >= 11 is 3.10.